The van der Waals surface area contributed by atoms with Crippen LogP contribution in [0.3, 0.4) is 0 Å². The average Bonchev–Trinajstić information content (AvgIpc) is 2.92. The van der Waals surface area contributed by atoms with Gasteiger partial charge in [0, 0.05) is 17.8 Å². The van der Waals surface area contributed by atoms with Gasteiger partial charge in [0.25, 0.3) is 0 Å². The molecule has 5 heteroatoms. The highest BCUT2D eigenvalue weighted by molar-refractivity contribution is 7.16. The molecule has 2 heterocycles. The molecule has 3 nitrogen and oxygen atoms in total. The molecule has 0 bridgehead atoms. The van der Waals surface area contributed by atoms with Gasteiger partial charge in [-0.1, -0.05) is 0 Å². The van der Waals surface area contributed by atoms with Crippen LogP contribution in [0.25, 0.3) is 10.6 Å². The largest absolute Gasteiger partial charge is 0.362 e. The van der Waals surface area contributed by atoms with Gasteiger partial charge in [0.2, 0.25) is 0 Å². The number of rotatable bonds is 4. The highest BCUT2D eigenvalue weighted by Crippen LogP contribution is 2.46. The topological polar surface area (TPSA) is 37.8 Å². The van der Waals surface area contributed by atoms with Crippen LogP contribution in [0.5, 0.6) is 0 Å². The first-order valence-corrected chi connectivity index (χ1v) is 7.64. The van der Waals surface area contributed by atoms with Crippen molar-refractivity contribution in [2.45, 2.75) is 32.6 Å². The van der Waals surface area contributed by atoms with Crippen LogP contribution in [0.2, 0.25) is 0 Å². The second-order valence-electron chi connectivity index (χ2n) is 4.29. The zero-order chi connectivity index (χ0) is 11.8. The number of nitrogens with one attached hydrogen (secondary N) is 1. The zero-order valence-electron chi connectivity index (χ0n) is 9.99. The number of hydrogen-bond donors (Lipinski definition) is 1. The number of anilines is 1. The molecule has 0 radical (unpaired) electrons. The van der Waals surface area contributed by atoms with Gasteiger partial charge in [-0.05, 0) is 26.7 Å². The molecule has 0 aromatic carbocycles. The van der Waals surface area contributed by atoms with E-state index in [2.05, 4.69) is 34.5 Å². The van der Waals surface area contributed by atoms with Gasteiger partial charge in [0.1, 0.15) is 0 Å². The summed E-state index contributed by atoms with van der Waals surface area (Å²) >= 11 is 3.45. The van der Waals surface area contributed by atoms with Crippen molar-refractivity contribution in [3.63, 3.8) is 0 Å². The monoisotopic (exact) mass is 265 g/mol. The lowest BCUT2D eigenvalue weighted by molar-refractivity contribution is 1.03. The maximum Gasteiger partial charge on any atom is 0.183 e. The Morgan fingerprint density at radius 2 is 2.24 bits per heavy atom. The Balaban J connectivity index is 1.95. The lowest BCUT2D eigenvalue weighted by Gasteiger charge is -1.96. The SMILES string of the molecule is CCNc1nc(-c2sc(C)nc2C2CC2)cs1. The number of thiazole rings is 2. The molecule has 90 valence electrons. The Bertz CT molecular complexity index is 526. The van der Waals surface area contributed by atoms with Crippen LogP contribution in [-0.2, 0) is 0 Å². The Hall–Kier alpha value is -0.940. The molecule has 1 aliphatic rings. The van der Waals surface area contributed by atoms with Crippen molar-refractivity contribution in [1.29, 1.82) is 0 Å². The Morgan fingerprint density at radius 3 is 2.94 bits per heavy atom. The van der Waals surface area contributed by atoms with Crippen molar-refractivity contribution < 1.29 is 0 Å². The average molecular weight is 265 g/mol. The van der Waals surface area contributed by atoms with E-state index < -0.39 is 0 Å². The number of hydrogen-bond acceptors (Lipinski definition) is 5. The summed E-state index contributed by atoms with van der Waals surface area (Å²) in [6.45, 7) is 5.09. The van der Waals surface area contributed by atoms with E-state index in [-0.39, 0.29) is 0 Å². The minimum absolute atomic E-state index is 0.694. The van der Waals surface area contributed by atoms with Gasteiger partial charge in [-0.15, -0.1) is 22.7 Å². The molecule has 1 fully saturated rings. The van der Waals surface area contributed by atoms with Crippen LogP contribution in [-0.4, -0.2) is 16.5 Å². The molecule has 0 spiro atoms. The number of aromatic nitrogens is 2. The second kappa shape index (κ2) is 4.38. The summed E-state index contributed by atoms with van der Waals surface area (Å²) in [5.41, 5.74) is 2.37. The van der Waals surface area contributed by atoms with Crippen LogP contribution in [0.1, 0.15) is 36.4 Å². The summed E-state index contributed by atoms with van der Waals surface area (Å²) in [7, 11) is 0. The van der Waals surface area contributed by atoms with Crippen molar-refractivity contribution >= 4 is 27.8 Å². The zero-order valence-corrected chi connectivity index (χ0v) is 11.6. The molecule has 1 N–H and O–H groups in total. The molecule has 0 aliphatic heterocycles. The van der Waals surface area contributed by atoms with E-state index in [0.29, 0.717) is 5.92 Å². The molecule has 0 unspecified atom stereocenters. The molecular weight excluding hydrogens is 250 g/mol. The van der Waals surface area contributed by atoms with E-state index in [0.717, 1.165) is 22.4 Å². The summed E-state index contributed by atoms with van der Waals surface area (Å²) < 4.78 is 0. The van der Waals surface area contributed by atoms with Gasteiger partial charge in [-0.25, -0.2) is 9.97 Å². The van der Waals surface area contributed by atoms with E-state index in [1.807, 2.05) is 0 Å². The van der Waals surface area contributed by atoms with Gasteiger partial charge >= 0.3 is 0 Å². The molecule has 0 saturated heterocycles. The van der Waals surface area contributed by atoms with Gasteiger partial charge in [-0.3, -0.25) is 0 Å². The fourth-order valence-electron chi connectivity index (χ4n) is 1.87. The normalized spacial score (nSPS) is 15.2. The van der Waals surface area contributed by atoms with E-state index in [1.54, 1.807) is 22.7 Å². The van der Waals surface area contributed by atoms with E-state index in [9.17, 15) is 0 Å². The Labute approximate surface area is 109 Å². The fourth-order valence-corrected chi connectivity index (χ4v) is 3.68. The fraction of sp³-hybridized carbons (Fsp3) is 0.500. The summed E-state index contributed by atoms with van der Waals surface area (Å²) in [5.74, 6) is 0.694. The van der Waals surface area contributed by atoms with Gasteiger partial charge in [0.15, 0.2) is 5.13 Å². The third kappa shape index (κ3) is 2.21. The van der Waals surface area contributed by atoms with Crippen LogP contribution in [0.15, 0.2) is 5.38 Å². The van der Waals surface area contributed by atoms with Crippen molar-refractivity contribution in [2.24, 2.45) is 0 Å². The summed E-state index contributed by atoms with van der Waals surface area (Å²) in [6.07, 6.45) is 2.58. The molecule has 1 saturated carbocycles. The lowest BCUT2D eigenvalue weighted by Crippen LogP contribution is -1.95. The standard InChI is InChI=1S/C12H15N3S2/c1-3-13-12-15-9(6-16-12)11-10(8-4-5-8)14-7(2)17-11/h6,8H,3-5H2,1-2H3,(H,13,15). The molecular formula is C12H15N3S2. The maximum absolute atomic E-state index is 4.67. The molecule has 1 aliphatic carbocycles. The predicted octanol–water partition coefficient (Wildman–Crippen LogP) is 3.88. The molecule has 0 atom stereocenters. The highest BCUT2D eigenvalue weighted by atomic mass is 32.1. The minimum atomic E-state index is 0.694. The summed E-state index contributed by atoms with van der Waals surface area (Å²) in [6, 6.07) is 0. The van der Waals surface area contributed by atoms with Crippen LogP contribution in [0, 0.1) is 6.92 Å². The smallest absolute Gasteiger partial charge is 0.183 e. The first kappa shape index (κ1) is 11.2. The highest BCUT2D eigenvalue weighted by Gasteiger charge is 2.30. The summed E-state index contributed by atoms with van der Waals surface area (Å²) in [4.78, 5) is 10.6. The molecule has 2 aromatic rings. The van der Waals surface area contributed by atoms with Crippen LogP contribution >= 0.6 is 22.7 Å². The molecule has 2 aromatic heterocycles. The lowest BCUT2D eigenvalue weighted by atomic mass is 10.2. The minimum Gasteiger partial charge on any atom is -0.362 e. The molecule has 3 rings (SSSR count). The third-order valence-electron chi connectivity index (χ3n) is 2.79. The Morgan fingerprint density at radius 1 is 1.41 bits per heavy atom. The molecule has 0 amide bonds. The van der Waals surface area contributed by atoms with Crippen LogP contribution in [0.4, 0.5) is 5.13 Å². The second-order valence-corrected chi connectivity index (χ2v) is 6.35. The van der Waals surface area contributed by atoms with Crippen molar-refractivity contribution in [1.82, 2.24) is 9.97 Å². The predicted molar refractivity (Wildman–Crippen MR) is 74.1 cm³/mol. The van der Waals surface area contributed by atoms with E-state index >= 15 is 0 Å². The maximum atomic E-state index is 4.67. The van der Waals surface area contributed by atoms with Crippen molar-refractivity contribution in [2.75, 3.05) is 11.9 Å². The summed E-state index contributed by atoms with van der Waals surface area (Å²) in [5, 5.41) is 7.56. The molecule has 17 heavy (non-hydrogen) atoms. The van der Waals surface area contributed by atoms with Crippen molar-refractivity contribution in [3.8, 4) is 10.6 Å². The van der Waals surface area contributed by atoms with Crippen molar-refractivity contribution in [3.05, 3.63) is 16.1 Å². The van der Waals surface area contributed by atoms with Gasteiger partial charge in [0.05, 0.1) is 21.3 Å². The van der Waals surface area contributed by atoms with E-state index in [4.69, 9.17) is 0 Å². The van der Waals surface area contributed by atoms with Crippen LogP contribution < -0.4 is 5.32 Å². The number of nitrogens with zero attached hydrogens (tertiary/aromatic N) is 2. The van der Waals surface area contributed by atoms with Gasteiger partial charge in [-0.2, -0.15) is 0 Å². The Kier molecular flexibility index (Phi) is 2.88. The quantitative estimate of drug-likeness (QED) is 0.911. The first-order chi connectivity index (χ1) is 8.28. The first-order valence-electron chi connectivity index (χ1n) is 5.95. The van der Waals surface area contributed by atoms with E-state index in [1.165, 1.54) is 23.4 Å². The third-order valence-corrected chi connectivity index (χ3v) is 4.60. The van der Waals surface area contributed by atoms with Gasteiger partial charge < -0.3 is 5.32 Å². The number of aryl methyl sites for hydroxylation is 1.